The fourth-order valence-electron chi connectivity index (χ4n) is 3.93. The Morgan fingerprint density at radius 2 is 1.93 bits per heavy atom. The topological polar surface area (TPSA) is 53.2 Å². The van der Waals surface area contributed by atoms with Crippen molar-refractivity contribution in [3.63, 3.8) is 0 Å². The van der Waals surface area contributed by atoms with Crippen molar-refractivity contribution in [2.45, 2.75) is 45.6 Å². The molecule has 0 bridgehead atoms. The van der Waals surface area contributed by atoms with Gasteiger partial charge in [-0.1, -0.05) is 50.2 Å². The molecule has 1 N–H and O–H groups in total. The highest BCUT2D eigenvalue weighted by molar-refractivity contribution is 5.79. The number of carbonyl (C=O) groups is 1. The molecule has 4 nitrogen and oxygen atoms in total. The number of hydrogen-bond donors (Lipinski definition) is 1. The van der Waals surface area contributed by atoms with Crippen LogP contribution < -0.4 is 5.56 Å². The van der Waals surface area contributed by atoms with Crippen LogP contribution in [-0.2, 0) is 24.2 Å². The molecule has 28 heavy (non-hydrogen) atoms. The minimum absolute atomic E-state index is 0.0999. The second-order valence-electron chi connectivity index (χ2n) is 7.96. The fourth-order valence-corrected chi connectivity index (χ4v) is 3.93. The van der Waals surface area contributed by atoms with E-state index in [9.17, 15) is 9.59 Å². The summed E-state index contributed by atoms with van der Waals surface area (Å²) in [5.74, 6) is 0.601. The maximum Gasteiger partial charge on any atom is 0.251 e. The number of carbonyl (C=O) groups excluding carboxylic acids is 1. The molecule has 0 unspecified atom stereocenters. The quantitative estimate of drug-likeness (QED) is 0.745. The van der Waals surface area contributed by atoms with E-state index < -0.39 is 0 Å². The lowest BCUT2D eigenvalue weighted by Gasteiger charge is -2.29. The highest BCUT2D eigenvalue weighted by Gasteiger charge is 2.21. The zero-order chi connectivity index (χ0) is 19.7. The third-order valence-corrected chi connectivity index (χ3v) is 5.70. The lowest BCUT2D eigenvalue weighted by Crippen LogP contribution is -2.36. The highest BCUT2D eigenvalue weighted by atomic mass is 16.2. The lowest BCUT2D eigenvalue weighted by molar-refractivity contribution is -0.132. The Balaban J connectivity index is 1.45. The molecule has 0 aliphatic carbocycles. The van der Waals surface area contributed by atoms with Crippen LogP contribution in [0.5, 0.6) is 0 Å². The molecule has 3 aromatic rings. The maximum atomic E-state index is 12.8. The van der Waals surface area contributed by atoms with E-state index in [0.29, 0.717) is 30.9 Å². The van der Waals surface area contributed by atoms with Gasteiger partial charge in [0.05, 0.1) is 0 Å². The summed E-state index contributed by atoms with van der Waals surface area (Å²) in [5.41, 5.74) is 5.32. The number of nitrogens with zero attached hydrogens (tertiary/aromatic N) is 1. The van der Waals surface area contributed by atoms with E-state index >= 15 is 0 Å². The molecule has 2 aromatic carbocycles. The van der Waals surface area contributed by atoms with Gasteiger partial charge in [-0.3, -0.25) is 9.59 Å². The average Bonchev–Trinajstić information content (AvgIpc) is 2.71. The van der Waals surface area contributed by atoms with E-state index in [2.05, 4.69) is 37.0 Å². The van der Waals surface area contributed by atoms with Gasteiger partial charge in [-0.05, 0) is 53.0 Å². The van der Waals surface area contributed by atoms with Crippen LogP contribution in [0, 0.1) is 0 Å². The second-order valence-corrected chi connectivity index (χ2v) is 7.96. The van der Waals surface area contributed by atoms with Crippen molar-refractivity contribution in [1.82, 2.24) is 9.88 Å². The third kappa shape index (κ3) is 3.72. The van der Waals surface area contributed by atoms with Crippen LogP contribution in [0.1, 0.15) is 48.4 Å². The molecule has 4 heteroatoms. The van der Waals surface area contributed by atoms with Crippen LogP contribution >= 0.6 is 0 Å². The van der Waals surface area contributed by atoms with Crippen LogP contribution in [0.15, 0.2) is 53.3 Å². The molecule has 0 saturated heterocycles. The summed E-state index contributed by atoms with van der Waals surface area (Å²) in [6.07, 6.45) is 1.73. The van der Waals surface area contributed by atoms with Crippen molar-refractivity contribution < 1.29 is 4.79 Å². The van der Waals surface area contributed by atoms with Crippen molar-refractivity contribution in [1.29, 1.82) is 0 Å². The van der Waals surface area contributed by atoms with Gasteiger partial charge in [-0.25, -0.2) is 0 Å². The SMILES string of the molecule is CC(C)c1ccc2c(c1)CN(C(=O)CCc1cc3ccccc3[nH]c1=O)CC2. The first kappa shape index (κ1) is 18.5. The number of para-hydroxylation sites is 1. The van der Waals surface area contributed by atoms with E-state index in [4.69, 9.17) is 0 Å². The van der Waals surface area contributed by atoms with Crippen molar-refractivity contribution in [3.8, 4) is 0 Å². The second kappa shape index (κ2) is 7.63. The molecule has 1 aromatic heterocycles. The summed E-state index contributed by atoms with van der Waals surface area (Å²) in [4.78, 5) is 29.9. The van der Waals surface area contributed by atoms with Gasteiger partial charge in [0.2, 0.25) is 5.91 Å². The summed E-state index contributed by atoms with van der Waals surface area (Å²) < 4.78 is 0. The molecule has 1 aliphatic heterocycles. The summed E-state index contributed by atoms with van der Waals surface area (Å²) >= 11 is 0. The molecule has 144 valence electrons. The van der Waals surface area contributed by atoms with Gasteiger partial charge in [0, 0.05) is 30.6 Å². The molecular weight excluding hydrogens is 348 g/mol. The number of benzene rings is 2. The van der Waals surface area contributed by atoms with Crippen molar-refractivity contribution in [2.24, 2.45) is 0 Å². The summed E-state index contributed by atoms with van der Waals surface area (Å²) in [6, 6.07) is 16.3. The highest BCUT2D eigenvalue weighted by Crippen LogP contribution is 2.24. The van der Waals surface area contributed by atoms with E-state index in [1.165, 1.54) is 16.7 Å². The average molecular weight is 374 g/mol. The Morgan fingerprint density at radius 3 is 2.75 bits per heavy atom. The first-order valence-electron chi connectivity index (χ1n) is 10.0. The molecule has 0 radical (unpaired) electrons. The van der Waals surface area contributed by atoms with Crippen molar-refractivity contribution in [3.05, 3.63) is 81.1 Å². The molecule has 2 heterocycles. The third-order valence-electron chi connectivity index (χ3n) is 5.70. The van der Waals surface area contributed by atoms with Gasteiger partial charge in [-0.15, -0.1) is 0 Å². The smallest absolute Gasteiger partial charge is 0.251 e. The number of aromatic amines is 1. The molecule has 0 atom stereocenters. The number of aromatic nitrogens is 1. The lowest BCUT2D eigenvalue weighted by atomic mass is 9.93. The van der Waals surface area contributed by atoms with Crippen LogP contribution in [0.25, 0.3) is 10.9 Å². The Morgan fingerprint density at radius 1 is 1.11 bits per heavy atom. The van der Waals surface area contributed by atoms with Gasteiger partial charge in [-0.2, -0.15) is 0 Å². The van der Waals surface area contributed by atoms with Gasteiger partial charge < -0.3 is 9.88 Å². The fraction of sp³-hybridized carbons (Fsp3) is 0.333. The minimum Gasteiger partial charge on any atom is -0.338 e. The standard InChI is InChI=1S/C24H26N2O2/c1-16(2)18-8-7-17-11-12-26(15-21(17)13-18)23(27)10-9-20-14-19-5-3-4-6-22(19)25-24(20)28/h3-8,13-14,16H,9-12,15H2,1-2H3,(H,25,28). The van der Waals surface area contributed by atoms with E-state index in [0.717, 1.165) is 23.9 Å². The molecule has 0 saturated carbocycles. The first-order chi connectivity index (χ1) is 13.5. The van der Waals surface area contributed by atoms with Gasteiger partial charge >= 0.3 is 0 Å². The number of pyridine rings is 1. The molecule has 1 aliphatic rings. The van der Waals surface area contributed by atoms with E-state index in [1.54, 1.807) is 0 Å². The minimum atomic E-state index is -0.0999. The van der Waals surface area contributed by atoms with E-state index in [1.807, 2.05) is 35.2 Å². The Hall–Kier alpha value is -2.88. The normalized spacial score (nSPS) is 13.8. The summed E-state index contributed by atoms with van der Waals surface area (Å²) in [7, 11) is 0. The summed E-state index contributed by atoms with van der Waals surface area (Å²) in [5, 5.41) is 0.998. The van der Waals surface area contributed by atoms with Crippen molar-refractivity contribution in [2.75, 3.05) is 6.54 Å². The number of nitrogens with one attached hydrogen (secondary N) is 1. The monoisotopic (exact) mass is 374 g/mol. The molecule has 0 spiro atoms. The van der Waals surface area contributed by atoms with Crippen LogP contribution in [0.4, 0.5) is 0 Å². The largest absolute Gasteiger partial charge is 0.338 e. The number of H-pyrrole nitrogens is 1. The van der Waals surface area contributed by atoms with Crippen molar-refractivity contribution >= 4 is 16.8 Å². The first-order valence-corrected chi connectivity index (χ1v) is 10.0. The maximum absolute atomic E-state index is 12.8. The number of hydrogen-bond acceptors (Lipinski definition) is 2. The van der Waals surface area contributed by atoms with Gasteiger partial charge in [0.1, 0.15) is 0 Å². The predicted molar refractivity (Wildman–Crippen MR) is 113 cm³/mol. The molecule has 1 amide bonds. The van der Waals surface area contributed by atoms with Gasteiger partial charge in [0.15, 0.2) is 0 Å². The Labute approximate surface area is 165 Å². The Kier molecular flexibility index (Phi) is 5.03. The molecule has 0 fully saturated rings. The summed E-state index contributed by atoms with van der Waals surface area (Å²) in [6.45, 7) is 5.80. The van der Waals surface area contributed by atoms with Gasteiger partial charge in [0.25, 0.3) is 5.56 Å². The van der Waals surface area contributed by atoms with Crippen LogP contribution in [-0.4, -0.2) is 22.3 Å². The van der Waals surface area contributed by atoms with Crippen LogP contribution in [0.2, 0.25) is 0 Å². The van der Waals surface area contributed by atoms with Crippen LogP contribution in [0.3, 0.4) is 0 Å². The zero-order valence-electron chi connectivity index (χ0n) is 16.5. The molecular formula is C24H26N2O2. The zero-order valence-corrected chi connectivity index (χ0v) is 16.5. The number of rotatable bonds is 4. The predicted octanol–water partition coefficient (Wildman–Crippen LogP) is 4.17. The number of fused-ring (bicyclic) bond motifs is 2. The number of amides is 1. The Bertz CT molecular complexity index is 1080. The molecule has 4 rings (SSSR count). The van der Waals surface area contributed by atoms with E-state index in [-0.39, 0.29) is 11.5 Å². The number of aryl methyl sites for hydroxylation is 1.